The highest BCUT2D eigenvalue weighted by atomic mass is 14.1. The summed E-state index contributed by atoms with van der Waals surface area (Å²) < 4.78 is 0. The van der Waals surface area contributed by atoms with Gasteiger partial charge >= 0.3 is 0 Å². The molecule has 0 aromatic heterocycles. The zero-order valence-corrected chi connectivity index (χ0v) is 7.33. The monoisotopic (exact) mass is 166 g/mol. The molecule has 0 radical (unpaired) electrons. The van der Waals surface area contributed by atoms with Crippen molar-refractivity contribution in [2.75, 3.05) is 0 Å². The smallest absolute Gasteiger partial charge is 0.0206 e. The van der Waals surface area contributed by atoms with Crippen LogP contribution in [0.1, 0.15) is 6.42 Å². The van der Waals surface area contributed by atoms with E-state index in [1.54, 1.807) is 0 Å². The standard InChI is InChI=1S/C13H10/c1-2-11-7-9-13(10-8-11)12-5-3-4-6-12/h1,3-9H,10H2. The third kappa shape index (κ3) is 1.55. The van der Waals surface area contributed by atoms with Crippen molar-refractivity contribution in [1.29, 1.82) is 0 Å². The van der Waals surface area contributed by atoms with Gasteiger partial charge in [-0.2, -0.15) is 0 Å². The third-order valence-electron chi connectivity index (χ3n) is 2.21. The Labute approximate surface area is 78.7 Å². The van der Waals surface area contributed by atoms with Gasteiger partial charge in [0.25, 0.3) is 0 Å². The molecule has 0 nitrogen and oxygen atoms in total. The molecule has 2 rings (SSSR count). The molecule has 62 valence electrons. The molecule has 0 heterocycles. The predicted molar refractivity (Wildman–Crippen MR) is 56.0 cm³/mol. The summed E-state index contributed by atoms with van der Waals surface area (Å²) in [6.45, 7) is 0. The van der Waals surface area contributed by atoms with E-state index < -0.39 is 0 Å². The molecule has 0 saturated heterocycles. The lowest BCUT2D eigenvalue weighted by Gasteiger charge is -2.06. The van der Waals surface area contributed by atoms with Crippen LogP contribution in [0.2, 0.25) is 0 Å². The Hall–Kier alpha value is -1.74. The fraction of sp³-hybridized carbons (Fsp3) is 0.0769. The lowest BCUT2D eigenvalue weighted by atomic mass is 9.98. The van der Waals surface area contributed by atoms with E-state index in [4.69, 9.17) is 6.42 Å². The minimum atomic E-state index is 0.944. The molecule has 0 aliphatic heterocycles. The van der Waals surface area contributed by atoms with Crippen molar-refractivity contribution in [3.8, 4) is 12.3 Å². The molecule has 0 fully saturated rings. The number of hydrogen-bond acceptors (Lipinski definition) is 0. The van der Waals surface area contributed by atoms with Gasteiger partial charge in [0.1, 0.15) is 0 Å². The highest BCUT2D eigenvalue weighted by Gasteiger charge is 2.03. The molecular weight excluding hydrogens is 156 g/mol. The molecule has 0 amide bonds. The summed E-state index contributed by atoms with van der Waals surface area (Å²) in [4.78, 5) is 0. The Bertz CT molecular complexity index is 390. The van der Waals surface area contributed by atoms with Crippen LogP contribution in [0.3, 0.4) is 0 Å². The van der Waals surface area contributed by atoms with Gasteiger partial charge in [0.05, 0.1) is 0 Å². The van der Waals surface area contributed by atoms with E-state index in [0.29, 0.717) is 0 Å². The van der Waals surface area contributed by atoms with E-state index in [0.717, 1.165) is 12.0 Å². The number of hydrogen-bond donors (Lipinski definition) is 0. The van der Waals surface area contributed by atoms with E-state index in [1.165, 1.54) is 11.1 Å². The molecule has 13 heavy (non-hydrogen) atoms. The molecular formula is C13H10. The SMILES string of the molecule is C#CC1=CCC(=C2C=CC=C2)C=C1. The topological polar surface area (TPSA) is 0 Å². The first-order chi connectivity index (χ1) is 6.40. The van der Waals surface area contributed by atoms with Crippen LogP contribution in [0.5, 0.6) is 0 Å². The molecule has 0 spiro atoms. The lowest BCUT2D eigenvalue weighted by Crippen LogP contribution is -1.88. The van der Waals surface area contributed by atoms with Crippen LogP contribution < -0.4 is 0 Å². The van der Waals surface area contributed by atoms with Crippen LogP contribution in [0.4, 0.5) is 0 Å². The van der Waals surface area contributed by atoms with Crippen molar-refractivity contribution >= 4 is 0 Å². The van der Waals surface area contributed by atoms with Crippen molar-refractivity contribution in [2.45, 2.75) is 6.42 Å². The second-order valence-corrected chi connectivity index (χ2v) is 3.04. The summed E-state index contributed by atoms with van der Waals surface area (Å²) >= 11 is 0. The summed E-state index contributed by atoms with van der Waals surface area (Å²) in [5, 5.41) is 0. The number of terminal acetylenes is 1. The van der Waals surface area contributed by atoms with Gasteiger partial charge in [0.15, 0.2) is 0 Å². The Balaban J connectivity index is 2.27. The Morgan fingerprint density at radius 2 is 1.85 bits per heavy atom. The van der Waals surface area contributed by atoms with Gasteiger partial charge in [0, 0.05) is 5.57 Å². The summed E-state index contributed by atoms with van der Waals surface area (Å²) in [7, 11) is 0. The fourth-order valence-corrected chi connectivity index (χ4v) is 1.46. The fourth-order valence-electron chi connectivity index (χ4n) is 1.46. The Morgan fingerprint density at radius 3 is 2.38 bits per heavy atom. The van der Waals surface area contributed by atoms with Gasteiger partial charge in [-0.3, -0.25) is 0 Å². The molecule has 0 aromatic carbocycles. The Kier molecular flexibility index (Phi) is 2.02. The maximum atomic E-state index is 5.29. The van der Waals surface area contributed by atoms with Gasteiger partial charge in [-0.05, 0) is 23.6 Å². The maximum absolute atomic E-state index is 5.29. The zero-order chi connectivity index (χ0) is 9.10. The van der Waals surface area contributed by atoms with Crippen molar-refractivity contribution in [3.63, 3.8) is 0 Å². The first-order valence-corrected chi connectivity index (χ1v) is 4.33. The van der Waals surface area contributed by atoms with Crippen molar-refractivity contribution in [3.05, 3.63) is 59.3 Å². The highest BCUT2D eigenvalue weighted by Crippen LogP contribution is 2.22. The largest absolute Gasteiger partial charge is 0.115 e. The second kappa shape index (κ2) is 3.33. The number of allylic oxidation sites excluding steroid dienone is 10. The minimum absolute atomic E-state index is 0.944. The van der Waals surface area contributed by atoms with E-state index in [-0.39, 0.29) is 0 Å². The van der Waals surface area contributed by atoms with E-state index >= 15 is 0 Å². The van der Waals surface area contributed by atoms with Gasteiger partial charge in [-0.15, -0.1) is 6.42 Å². The molecule has 0 N–H and O–H groups in total. The van der Waals surface area contributed by atoms with E-state index in [9.17, 15) is 0 Å². The number of rotatable bonds is 0. The van der Waals surface area contributed by atoms with Crippen LogP contribution in [-0.2, 0) is 0 Å². The summed E-state index contributed by atoms with van der Waals surface area (Å²) in [6.07, 6.45) is 20.8. The Morgan fingerprint density at radius 1 is 1.08 bits per heavy atom. The molecule has 0 unspecified atom stereocenters. The molecule has 2 aliphatic carbocycles. The normalized spacial score (nSPS) is 19.2. The van der Waals surface area contributed by atoms with Crippen molar-refractivity contribution < 1.29 is 0 Å². The maximum Gasteiger partial charge on any atom is 0.0206 e. The predicted octanol–water partition coefficient (Wildman–Crippen LogP) is 2.93. The van der Waals surface area contributed by atoms with Crippen LogP contribution in [-0.4, -0.2) is 0 Å². The summed E-state index contributed by atoms with van der Waals surface area (Å²) in [5.41, 5.74) is 3.61. The zero-order valence-electron chi connectivity index (χ0n) is 7.33. The summed E-state index contributed by atoms with van der Waals surface area (Å²) in [5.74, 6) is 2.63. The quantitative estimate of drug-likeness (QED) is 0.485. The van der Waals surface area contributed by atoms with Crippen LogP contribution in [0, 0.1) is 12.3 Å². The van der Waals surface area contributed by atoms with E-state index in [1.807, 2.05) is 6.08 Å². The summed E-state index contributed by atoms with van der Waals surface area (Å²) in [6, 6.07) is 0. The van der Waals surface area contributed by atoms with Crippen molar-refractivity contribution in [1.82, 2.24) is 0 Å². The van der Waals surface area contributed by atoms with Crippen LogP contribution in [0.15, 0.2) is 59.3 Å². The highest BCUT2D eigenvalue weighted by molar-refractivity contribution is 5.52. The molecule has 0 heteroatoms. The van der Waals surface area contributed by atoms with E-state index in [2.05, 4.69) is 42.4 Å². The van der Waals surface area contributed by atoms with Gasteiger partial charge < -0.3 is 0 Å². The minimum Gasteiger partial charge on any atom is -0.115 e. The molecule has 2 aliphatic rings. The molecule has 0 atom stereocenters. The first-order valence-electron chi connectivity index (χ1n) is 4.33. The molecule has 0 bridgehead atoms. The van der Waals surface area contributed by atoms with Crippen LogP contribution >= 0.6 is 0 Å². The van der Waals surface area contributed by atoms with Gasteiger partial charge in [0.2, 0.25) is 0 Å². The first kappa shape index (κ1) is 7.89. The van der Waals surface area contributed by atoms with Gasteiger partial charge in [-0.25, -0.2) is 0 Å². The second-order valence-electron chi connectivity index (χ2n) is 3.04. The van der Waals surface area contributed by atoms with Crippen molar-refractivity contribution in [2.24, 2.45) is 0 Å². The lowest BCUT2D eigenvalue weighted by molar-refractivity contribution is 1.23. The average Bonchev–Trinajstić information content (AvgIpc) is 2.71. The molecule has 0 saturated carbocycles. The average molecular weight is 166 g/mol. The van der Waals surface area contributed by atoms with Gasteiger partial charge in [-0.1, -0.05) is 42.4 Å². The van der Waals surface area contributed by atoms with Crippen LogP contribution in [0.25, 0.3) is 0 Å². The molecule has 0 aromatic rings. The third-order valence-corrected chi connectivity index (χ3v) is 2.21.